The summed E-state index contributed by atoms with van der Waals surface area (Å²) >= 11 is 5.94. The van der Waals surface area contributed by atoms with Crippen molar-refractivity contribution in [3.05, 3.63) is 77.1 Å². The van der Waals surface area contributed by atoms with Crippen LogP contribution in [0.15, 0.2) is 65.7 Å². The monoisotopic (exact) mass is 434 g/mol. The van der Waals surface area contributed by atoms with Crippen LogP contribution in [0.3, 0.4) is 0 Å². The Bertz CT molecular complexity index is 1130. The van der Waals surface area contributed by atoms with Crippen molar-refractivity contribution in [3.8, 4) is 5.75 Å². The lowest BCUT2D eigenvalue weighted by atomic mass is 10.3. The van der Waals surface area contributed by atoms with Crippen LogP contribution in [0.5, 0.6) is 5.75 Å². The van der Waals surface area contributed by atoms with Crippen molar-refractivity contribution >= 4 is 33.3 Å². The van der Waals surface area contributed by atoms with Crippen LogP contribution in [0.4, 0.5) is 5.69 Å². The summed E-state index contributed by atoms with van der Waals surface area (Å²) < 4.78 is 37.9. The number of benzene rings is 2. The molecule has 1 heterocycles. The van der Waals surface area contributed by atoms with Crippen LogP contribution in [0.25, 0.3) is 0 Å². The fourth-order valence-corrected chi connectivity index (χ4v) is 4.40. The minimum absolute atomic E-state index is 0.0139. The quantitative estimate of drug-likeness (QED) is 0.449. The summed E-state index contributed by atoms with van der Waals surface area (Å²) in [5, 5.41) is 0.204. The fourth-order valence-electron chi connectivity index (χ4n) is 2.65. The number of carbonyl (C=O) groups is 1. The maximum absolute atomic E-state index is 13.2. The predicted octanol–water partition coefficient (Wildman–Crippen LogP) is 3.72. The van der Waals surface area contributed by atoms with Gasteiger partial charge in [0.1, 0.15) is 22.9 Å². The molecule has 0 radical (unpaired) electrons. The highest BCUT2D eigenvalue weighted by atomic mass is 35.5. The zero-order valence-corrected chi connectivity index (χ0v) is 17.1. The second-order valence-corrected chi connectivity index (χ2v) is 8.26. The largest absolute Gasteiger partial charge is 0.489 e. The zero-order chi connectivity index (χ0) is 21.0. The molecule has 0 aliphatic carbocycles. The number of nitrogen functional groups attached to an aromatic ring is 1. The van der Waals surface area contributed by atoms with E-state index in [9.17, 15) is 13.2 Å². The lowest BCUT2D eigenvalue weighted by molar-refractivity contribution is 0.0518. The molecule has 0 saturated heterocycles. The number of esters is 1. The van der Waals surface area contributed by atoms with Gasteiger partial charge in [-0.05, 0) is 43.3 Å². The van der Waals surface area contributed by atoms with Gasteiger partial charge in [-0.1, -0.05) is 29.8 Å². The second-order valence-electron chi connectivity index (χ2n) is 6.04. The molecule has 2 aromatic carbocycles. The van der Waals surface area contributed by atoms with Gasteiger partial charge in [0.2, 0.25) is 0 Å². The number of aromatic nitrogens is 1. The maximum atomic E-state index is 13.2. The molecular weight excluding hydrogens is 416 g/mol. The highest BCUT2D eigenvalue weighted by Gasteiger charge is 2.27. The molecule has 9 heteroatoms. The minimum atomic E-state index is -4.20. The summed E-state index contributed by atoms with van der Waals surface area (Å²) in [5.41, 5.74) is 6.18. The zero-order valence-electron chi connectivity index (χ0n) is 15.5. The van der Waals surface area contributed by atoms with Crippen LogP contribution in [-0.2, 0) is 21.4 Å². The maximum Gasteiger partial charge on any atom is 0.356 e. The molecule has 7 nitrogen and oxygen atoms in total. The van der Waals surface area contributed by atoms with E-state index in [1.807, 2.05) is 18.2 Å². The van der Waals surface area contributed by atoms with Crippen LogP contribution < -0.4 is 10.5 Å². The molecular formula is C20H19ClN2O5S. The molecule has 1 aromatic heterocycles. The van der Waals surface area contributed by atoms with Crippen molar-refractivity contribution < 1.29 is 22.7 Å². The highest BCUT2D eigenvalue weighted by molar-refractivity contribution is 7.90. The predicted molar refractivity (Wildman–Crippen MR) is 110 cm³/mol. The van der Waals surface area contributed by atoms with Gasteiger partial charge in [-0.3, -0.25) is 0 Å². The second kappa shape index (κ2) is 8.59. The van der Waals surface area contributed by atoms with Gasteiger partial charge in [-0.2, -0.15) is 0 Å². The summed E-state index contributed by atoms with van der Waals surface area (Å²) in [6.45, 7) is 1.79. The standard InChI is InChI=1S/C20H19ClN2O5S/c1-2-27-20(24)18-10-14(13-28-16-6-4-3-5-7-16)12-23(18)29(25,26)19-11-15(21)8-9-17(19)22/h3-12H,2,13,22H2,1H3. The van der Waals surface area contributed by atoms with Gasteiger partial charge in [0, 0.05) is 16.8 Å². The number of carbonyl (C=O) groups excluding carboxylic acids is 1. The Morgan fingerprint density at radius 3 is 2.55 bits per heavy atom. The van der Waals surface area contributed by atoms with E-state index in [1.54, 1.807) is 19.1 Å². The van der Waals surface area contributed by atoms with E-state index in [4.69, 9.17) is 26.8 Å². The summed E-state index contributed by atoms with van der Waals surface area (Å²) in [7, 11) is -4.20. The molecule has 0 saturated carbocycles. The van der Waals surface area contributed by atoms with E-state index in [0.717, 1.165) is 3.97 Å². The molecule has 0 spiro atoms. The molecule has 0 unspecified atom stereocenters. The molecule has 3 aromatic rings. The molecule has 2 N–H and O–H groups in total. The van der Waals surface area contributed by atoms with Gasteiger partial charge in [0.15, 0.2) is 0 Å². The van der Waals surface area contributed by atoms with E-state index in [1.165, 1.54) is 30.5 Å². The first-order chi connectivity index (χ1) is 13.8. The Morgan fingerprint density at radius 2 is 1.86 bits per heavy atom. The van der Waals surface area contributed by atoms with Crippen LogP contribution in [0, 0.1) is 0 Å². The number of ether oxygens (including phenoxy) is 2. The van der Waals surface area contributed by atoms with Gasteiger partial charge in [-0.15, -0.1) is 0 Å². The lowest BCUT2D eigenvalue weighted by Crippen LogP contribution is -2.20. The number of para-hydroxylation sites is 1. The van der Waals surface area contributed by atoms with E-state index in [-0.39, 0.29) is 34.5 Å². The summed E-state index contributed by atoms with van der Waals surface area (Å²) in [4.78, 5) is 12.2. The third kappa shape index (κ3) is 4.55. The van der Waals surface area contributed by atoms with Crippen molar-refractivity contribution in [2.24, 2.45) is 0 Å². The number of nitrogens with zero attached hydrogens (tertiary/aromatic N) is 1. The Labute approximate surface area is 173 Å². The molecule has 0 bridgehead atoms. The minimum Gasteiger partial charge on any atom is -0.489 e. The van der Waals surface area contributed by atoms with Crippen molar-refractivity contribution in [2.75, 3.05) is 12.3 Å². The number of halogens is 1. The number of rotatable bonds is 7. The van der Waals surface area contributed by atoms with Gasteiger partial charge in [0.05, 0.1) is 12.3 Å². The summed E-state index contributed by atoms with van der Waals surface area (Å²) in [6.07, 6.45) is 1.31. The van der Waals surface area contributed by atoms with Gasteiger partial charge >= 0.3 is 5.97 Å². The smallest absolute Gasteiger partial charge is 0.356 e. The molecule has 29 heavy (non-hydrogen) atoms. The van der Waals surface area contributed by atoms with Crippen molar-refractivity contribution in [1.29, 1.82) is 0 Å². The molecule has 3 rings (SSSR count). The van der Waals surface area contributed by atoms with Gasteiger partial charge < -0.3 is 15.2 Å². The van der Waals surface area contributed by atoms with E-state index < -0.39 is 16.0 Å². The molecule has 0 aliphatic heterocycles. The molecule has 152 valence electrons. The van der Waals surface area contributed by atoms with E-state index in [2.05, 4.69) is 0 Å². The van der Waals surface area contributed by atoms with Crippen molar-refractivity contribution in [2.45, 2.75) is 18.4 Å². The average molecular weight is 435 g/mol. The normalized spacial score (nSPS) is 11.2. The first-order valence-corrected chi connectivity index (χ1v) is 10.5. The highest BCUT2D eigenvalue weighted by Crippen LogP contribution is 2.27. The van der Waals surface area contributed by atoms with Gasteiger partial charge in [0.25, 0.3) is 10.0 Å². The Kier molecular flexibility index (Phi) is 6.14. The van der Waals surface area contributed by atoms with Crippen molar-refractivity contribution in [3.63, 3.8) is 0 Å². The Morgan fingerprint density at radius 1 is 1.14 bits per heavy atom. The summed E-state index contributed by atoms with van der Waals surface area (Å²) in [5.74, 6) is -0.164. The number of hydrogen-bond donors (Lipinski definition) is 1. The third-order valence-electron chi connectivity index (χ3n) is 3.99. The number of nitrogens with two attached hydrogens (primary N) is 1. The van der Waals surface area contributed by atoms with E-state index >= 15 is 0 Å². The topological polar surface area (TPSA) is 101 Å². The molecule has 0 amide bonds. The van der Waals surface area contributed by atoms with Crippen molar-refractivity contribution in [1.82, 2.24) is 3.97 Å². The molecule has 0 fully saturated rings. The van der Waals surface area contributed by atoms with Crippen LogP contribution in [0.2, 0.25) is 5.02 Å². The van der Waals surface area contributed by atoms with E-state index in [0.29, 0.717) is 11.3 Å². The SMILES string of the molecule is CCOC(=O)c1cc(COc2ccccc2)cn1S(=O)(=O)c1cc(Cl)ccc1N. The Hall–Kier alpha value is -2.97. The van der Waals surface area contributed by atoms with Crippen LogP contribution in [0.1, 0.15) is 23.0 Å². The molecule has 0 atom stereocenters. The number of hydrogen-bond acceptors (Lipinski definition) is 6. The lowest BCUT2D eigenvalue weighted by Gasteiger charge is -2.12. The number of anilines is 1. The van der Waals surface area contributed by atoms with Crippen LogP contribution >= 0.6 is 11.6 Å². The molecule has 0 aliphatic rings. The first-order valence-electron chi connectivity index (χ1n) is 8.69. The summed E-state index contributed by atoms with van der Waals surface area (Å²) in [6, 6.07) is 14.6. The third-order valence-corrected chi connectivity index (χ3v) is 5.95. The average Bonchev–Trinajstić information content (AvgIpc) is 3.14. The van der Waals surface area contributed by atoms with Crippen LogP contribution in [-0.4, -0.2) is 25.0 Å². The first kappa shape index (κ1) is 20.8. The fraction of sp³-hybridized carbons (Fsp3) is 0.150. The Balaban J connectivity index is 2.02. The van der Waals surface area contributed by atoms with Gasteiger partial charge in [-0.25, -0.2) is 17.2 Å².